The number of anilines is 1. The van der Waals surface area contributed by atoms with Crippen molar-refractivity contribution in [1.29, 1.82) is 0 Å². The predicted octanol–water partition coefficient (Wildman–Crippen LogP) is 3.16. The molecule has 0 aliphatic rings. The minimum Gasteiger partial charge on any atom is -0.476 e. The molecular weight excluding hydrogens is 344 g/mol. The van der Waals surface area contributed by atoms with E-state index in [4.69, 9.17) is 5.11 Å². The summed E-state index contributed by atoms with van der Waals surface area (Å²) in [7, 11) is 0. The normalized spacial score (nSPS) is 10.5. The molecule has 3 aromatic rings. The third kappa shape index (κ3) is 3.75. The molecule has 6 nitrogen and oxygen atoms in total. The Morgan fingerprint density at radius 2 is 1.77 bits per heavy atom. The minimum absolute atomic E-state index is 0.0833. The lowest BCUT2D eigenvalue weighted by atomic mass is 10.2. The maximum absolute atomic E-state index is 13.7. The fraction of sp³-hybridized carbons (Fsp3) is 0.0556. The smallest absolute Gasteiger partial charge is 0.356 e. The number of carbonyl (C=O) groups excluding carboxylic acids is 1. The topological polar surface area (TPSA) is 84.2 Å². The van der Waals surface area contributed by atoms with Gasteiger partial charge in [0.15, 0.2) is 5.69 Å². The Bertz CT molecular complexity index is 968. The van der Waals surface area contributed by atoms with Gasteiger partial charge in [0.1, 0.15) is 17.5 Å². The molecule has 0 atom stereocenters. The lowest BCUT2D eigenvalue weighted by Crippen LogP contribution is -2.17. The largest absolute Gasteiger partial charge is 0.476 e. The molecule has 0 bridgehead atoms. The van der Waals surface area contributed by atoms with Crippen molar-refractivity contribution in [3.05, 3.63) is 83.1 Å². The van der Waals surface area contributed by atoms with Gasteiger partial charge in [-0.05, 0) is 29.8 Å². The highest BCUT2D eigenvalue weighted by Gasteiger charge is 2.18. The summed E-state index contributed by atoms with van der Waals surface area (Å²) >= 11 is 0. The summed E-state index contributed by atoms with van der Waals surface area (Å²) in [5.74, 6) is -3.04. The van der Waals surface area contributed by atoms with Gasteiger partial charge in [-0.1, -0.05) is 24.3 Å². The fourth-order valence-corrected chi connectivity index (χ4v) is 2.33. The van der Waals surface area contributed by atoms with Gasteiger partial charge in [0.05, 0.1) is 12.1 Å². The lowest BCUT2D eigenvalue weighted by molar-refractivity contribution is 0.0689. The van der Waals surface area contributed by atoms with Crippen molar-refractivity contribution in [2.45, 2.75) is 6.54 Å². The Balaban J connectivity index is 1.90. The van der Waals surface area contributed by atoms with Gasteiger partial charge in [-0.2, -0.15) is 5.10 Å². The number of rotatable bonds is 5. The summed E-state index contributed by atoms with van der Waals surface area (Å²) in [6.07, 6.45) is 0. The second-order valence-electron chi connectivity index (χ2n) is 5.44. The molecule has 0 saturated carbocycles. The van der Waals surface area contributed by atoms with Gasteiger partial charge in [-0.15, -0.1) is 0 Å². The zero-order chi connectivity index (χ0) is 18.7. The monoisotopic (exact) mass is 357 g/mol. The SMILES string of the molecule is O=C(O)c1cc(NC(=O)c2ccccc2F)n(Cc2ccc(F)cc2)n1. The van der Waals surface area contributed by atoms with Crippen LogP contribution in [0.2, 0.25) is 0 Å². The molecule has 1 aromatic heterocycles. The van der Waals surface area contributed by atoms with Crippen LogP contribution < -0.4 is 5.32 Å². The molecule has 0 saturated heterocycles. The molecule has 2 N–H and O–H groups in total. The van der Waals surface area contributed by atoms with Gasteiger partial charge in [-0.25, -0.2) is 18.3 Å². The van der Waals surface area contributed by atoms with E-state index < -0.39 is 23.5 Å². The van der Waals surface area contributed by atoms with Crippen LogP contribution in [-0.2, 0) is 6.54 Å². The molecule has 0 aliphatic carbocycles. The van der Waals surface area contributed by atoms with Crippen LogP contribution in [0.15, 0.2) is 54.6 Å². The molecule has 8 heteroatoms. The van der Waals surface area contributed by atoms with E-state index in [2.05, 4.69) is 10.4 Å². The fourth-order valence-electron chi connectivity index (χ4n) is 2.33. The second kappa shape index (κ2) is 7.14. The van der Waals surface area contributed by atoms with Crippen molar-refractivity contribution < 1.29 is 23.5 Å². The number of carboxylic acid groups (broad SMARTS) is 1. The number of amides is 1. The molecular formula is C18H13F2N3O3. The first-order valence-electron chi connectivity index (χ1n) is 7.55. The standard InChI is InChI=1S/C18H13F2N3O3/c19-12-7-5-11(6-8-12)10-23-16(9-15(22-23)18(25)26)21-17(24)13-3-1-2-4-14(13)20/h1-9H,10H2,(H,21,24)(H,25,26). The molecule has 2 aromatic carbocycles. The van der Waals surface area contributed by atoms with E-state index in [0.717, 1.165) is 6.07 Å². The van der Waals surface area contributed by atoms with Crippen LogP contribution in [0.4, 0.5) is 14.6 Å². The Kier molecular flexibility index (Phi) is 4.74. The van der Waals surface area contributed by atoms with E-state index in [9.17, 15) is 18.4 Å². The second-order valence-corrected chi connectivity index (χ2v) is 5.44. The summed E-state index contributed by atoms with van der Waals surface area (Å²) in [6, 6.07) is 12.1. The Morgan fingerprint density at radius 3 is 2.42 bits per heavy atom. The predicted molar refractivity (Wildman–Crippen MR) is 89.0 cm³/mol. The number of nitrogens with one attached hydrogen (secondary N) is 1. The van der Waals surface area contributed by atoms with Crippen molar-refractivity contribution in [2.24, 2.45) is 0 Å². The van der Waals surface area contributed by atoms with Crippen LogP contribution in [0, 0.1) is 11.6 Å². The van der Waals surface area contributed by atoms with E-state index >= 15 is 0 Å². The highest BCUT2D eigenvalue weighted by atomic mass is 19.1. The van der Waals surface area contributed by atoms with E-state index in [1.807, 2.05) is 0 Å². The summed E-state index contributed by atoms with van der Waals surface area (Å²) in [6.45, 7) is 0.0977. The molecule has 0 aliphatic heterocycles. The number of benzene rings is 2. The average Bonchev–Trinajstić information content (AvgIpc) is 3.00. The number of aromatic nitrogens is 2. The molecule has 26 heavy (non-hydrogen) atoms. The number of nitrogens with zero attached hydrogens (tertiary/aromatic N) is 2. The van der Waals surface area contributed by atoms with Gasteiger partial charge >= 0.3 is 5.97 Å². The molecule has 0 spiro atoms. The van der Waals surface area contributed by atoms with Crippen LogP contribution in [-0.4, -0.2) is 26.8 Å². The number of carbonyl (C=O) groups is 2. The van der Waals surface area contributed by atoms with Crippen LogP contribution in [0.5, 0.6) is 0 Å². The van der Waals surface area contributed by atoms with E-state index in [-0.39, 0.29) is 23.6 Å². The van der Waals surface area contributed by atoms with Gasteiger partial charge in [0.25, 0.3) is 5.91 Å². The van der Waals surface area contributed by atoms with E-state index in [1.165, 1.54) is 53.2 Å². The van der Waals surface area contributed by atoms with Crippen LogP contribution in [0.25, 0.3) is 0 Å². The van der Waals surface area contributed by atoms with Gasteiger partial charge in [0.2, 0.25) is 0 Å². The zero-order valence-electron chi connectivity index (χ0n) is 13.3. The van der Waals surface area contributed by atoms with E-state index in [0.29, 0.717) is 5.56 Å². The maximum Gasteiger partial charge on any atom is 0.356 e. The lowest BCUT2D eigenvalue weighted by Gasteiger charge is -2.09. The number of halogens is 2. The number of aromatic carboxylic acids is 1. The van der Waals surface area contributed by atoms with Crippen LogP contribution >= 0.6 is 0 Å². The minimum atomic E-state index is -1.27. The molecule has 1 heterocycles. The average molecular weight is 357 g/mol. The van der Waals surface area contributed by atoms with Crippen molar-refractivity contribution in [2.75, 3.05) is 5.32 Å². The highest BCUT2D eigenvalue weighted by molar-refractivity contribution is 6.04. The van der Waals surface area contributed by atoms with Crippen LogP contribution in [0.3, 0.4) is 0 Å². The van der Waals surface area contributed by atoms with Crippen molar-refractivity contribution in [3.63, 3.8) is 0 Å². The van der Waals surface area contributed by atoms with Crippen molar-refractivity contribution >= 4 is 17.7 Å². The summed E-state index contributed by atoms with van der Waals surface area (Å²) in [5, 5.41) is 15.5. The van der Waals surface area contributed by atoms with Gasteiger partial charge in [-0.3, -0.25) is 4.79 Å². The first-order valence-corrected chi connectivity index (χ1v) is 7.55. The third-order valence-electron chi connectivity index (χ3n) is 3.60. The van der Waals surface area contributed by atoms with Gasteiger partial charge < -0.3 is 10.4 Å². The summed E-state index contributed by atoms with van der Waals surface area (Å²) in [4.78, 5) is 23.4. The first-order chi connectivity index (χ1) is 12.4. The summed E-state index contributed by atoms with van der Waals surface area (Å²) in [5.41, 5.74) is 0.183. The Labute approximate surface area is 146 Å². The van der Waals surface area contributed by atoms with Crippen LogP contribution in [0.1, 0.15) is 26.4 Å². The van der Waals surface area contributed by atoms with Crippen molar-refractivity contribution in [1.82, 2.24) is 9.78 Å². The number of carboxylic acids is 1. The van der Waals surface area contributed by atoms with E-state index in [1.54, 1.807) is 0 Å². The molecule has 0 fully saturated rings. The molecule has 0 unspecified atom stereocenters. The van der Waals surface area contributed by atoms with Gasteiger partial charge in [0, 0.05) is 6.07 Å². The summed E-state index contributed by atoms with van der Waals surface area (Å²) < 4.78 is 28.0. The van der Waals surface area contributed by atoms with Crippen molar-refractivity contribution in [3.8, 4) is 0 Å². The molecule has 0 radical (unpaired) electrons. The molecule has 1 amide bonds. The number of hydrogen-bond acceptors (Lipinski definition) is 3. The quantitative estimate of drug-likeness (QED) is 0.735. The highest BCUT2D eigenvalue weighted by Crippen LogP contribution is 2.16. The molecule has 132 valence electrons. The Hall–Kier alpha value is -3.55. The molecule has 3 rings (SSSR count). The Morgan fingerprint density at radius 1 is 1.08 bits per heavy atom. The zero-order valence-corrected chi connectivity index (χ0v) is 13.3. The maximum atomic E-state index is 13.7. The third-order valence-corrected chi connectivity index (χ3v) is 3.60. The first kappa shape index (κ1) is 17.3. The number of hydrogen-bond donors (Lipinski definition) is 2.